The number of carbonyl (C=O) groups is 2. The van der Waals surface area contributed by atoms with Crippen molar-refractivity contribution >= 4 is 45.5 Å². The number of esters is 1. The first-order chi connectivity index (χ1) is 12.6. The molecular formula is C17H16ClN3O4S. The molecule has 1 N–H and O–H groups in total. The third-order valence-corrected chi connectivity index (χ3v) is 5.69. The summed E-state index contributed by atoms with van der Waals surface area (Å²) in [5.74, 6) is -0.242. The van der Waals surface area contributed by atoms with Gasteiger partial charge in [0.2, 0.25) is 0 Å². The minimum absolute atomic E-state index is 0.0297. The molecule has 9 heteroatoms. The molecule has 0 amide bonds. The van der Waals surface area contributed by atoms with Crippen LogP contribution >= 0.6 is 22.9 Å². The van der Waals surface area contributed by atoms with E-state index in [2.05, 4.69) is 10.3 Å². The number of ketones is 1. The van der Waals surface area contributed by atoms with Crippen LogP contribution in [-0.4, -0.2) is 49.6 Å². The van der Waals surface area contributed by atoms with Crippen molar-refractivity contribution in [1.29, 1.82) is 0 Å². The Bertz CT molecular complexity index is 864. The summed E-state index contributed by atoms with van der Waals surface area (Å²) in [4.78, 5) is 31.0. The lowest BCUT2D eigenvalue weighted by molar-refractivity contribution is 0.0738. The minimum atomic E-state index is -0.580. The number of hydrogen-bond donors (Lipinski definition) is 1. The van der Waals surface area contributed by atoms with Gasteiger partial charge in [-0.25, -0.2) is 9.78 Å². The van der Waals surface area contributed by atoms with Crippen LogP contribution in [0.2, 0.25) is 5.15 Å². The topological polar surface area (TPSA) is 80.8 Å². The quantitative estimate of drug-likeness (QED) is 0.634. The Hall–Kier alpha value is -2.16. The van der Waals surface area contributed by atoms with E-state index in [0.29, 0.717) is 55.7 Å². The van der Waals surface area contributed by atoms with Crippen molar-refractivity contribution in [3.8, 4) is 5.75 Å². The molecule has 0 saturated carbocycles. The summed E-state index contributed by atoms with van der Waals surface area (Å²) in [7, 11) is 0. The maximum absolute atomic E-state index is 12.5. The number of thiazole rings is 1. The predicted octanol–water partition coefficient (Wildman–Crippen LogP) is 2.85. The molecular weight excluding hydrogens is 378 g/mol. The van der Waals surface area contributed by atoms with Crippen molar-refractivity contribution in [3.63, 3.8) is 0 Å². The molecule has 0 unspecified atom stereocenters. The van der Waals surface area contributed by atoms with Gasteiger partial charge in [-0.05, 0) is 18.2 Å². The highest BCUT2D eigenvalue weighted by Crippen LogP contribution is 2.32. The van der Waals surface area contributed by atoms with Crippen LogP contribution in [0.4, 0.5) is 10.8 Å². The van der Waals surface area contributed by atoms with Crippen LogP contribution in [0.25, 0.3) is 0 Å². The number of anilines is 2. The lowest BCUT2D eigenvalue weighted by Crippen LogP contribution is -2.36. The van der Waals surface area contributed by atoms with E-state index in [4.69, 9.17) is 21.1 Å². The van der Waals surface area contributed by atoms with Gasteiger partial charge in [0.25, 0.3) is 0 Å². The first-order valence-corrected chi connectivity index (χ1v) is 9.43. The molecule has 3 heterocycles. The zero-order valence-corrected chi connectivity index (χ0v) is 15.4. The van der Waals surface area contributed by atoms with Gasteiger partial charge in [-0.3, -0.25) is 4.79 Å². The summed E-state index contributed by atoms with van der Waals surface area (Å²) in [5, 5.41) is 3.95. The van der Waals surface area contributed by atoms with Crippen molar-refractivity contribution in [3.05, 3.63) is 33.8 Å². The second kappa shape index (κ2) is 7.22. The Kier molecular flexibility index (Phi) is 4.80. The molecule has 1 saturated heterocycles. The third-order valence-electron chi connectivity index (χ3n) is 4.21. The summed E-state index contributed by atoms with van der Waals surface area (Å²) in [6.07, 6.45) is 0.425. The zero-order valence-electron chi connectivity index (χ0n) is 13.8. The van der Waals surface area contributed by atoms with Gasteiger partial charge in [0.15, 0.2) is 20.9 Å². The van der Waals surface area contributed by atoms with Gasteiger partial charge in [0, 0.05) is 37.3 Å². The molecule has 0 aliphatic carbocycles. The summed E-state index contributed by atoms with van der Waals surface area (Å²) >= 11 is 7.34. The van der Waals surface area contributed by atoms with Crippen LogP contribution in [0.3, 0.4) is 0 Å². The van der Waals surface area contributed by atoms with Crippen LogP contribution < -0.4 is 15.0 Å². The Labute approximate surface area is 158 Å². The van der Waals surface area contributed by atoms with Crippen molar-refractivity contribution in [2.75, 3.05) is 43.1 Å². The molecule has 136 valence electrons. The standard InChI is InChI=1S/C17H16ClN3O4S/c18-15-14(26-17(20-15)21-5-7-24-8-6-21)16(23)25-10-1-2-12-11(9-10)13(22)3-4-19-12/h1-2,9,19H,3-8H2. The van der Waals surface area contributed by atoms with E-state index < -0.39 is 5.97 Å². The van der Waals surface area contributed by atoms with E-state index in [1.807, 2.05) is 4.90 Å². The van der Waals surface area contributed by atoms with Gasteiger partial charge in [-0.15, -0.1) is 0 Å². The number of halogens is 1. The summed E-state index contributed by atoms with van der Waals surface area (Å²) < 4.78 is 10.7. The van der Waals surface area contributed by atoms with Crippen LogP contribution in [-0.2, 0) is 4.74 Å². The van der Waals surface area contributed by atoms with E-state index >= 15 is 0 Å². The Morgan fingerprint density at radius 3 is 2.96 bits per heavy atom. The first kappa shape index (κ1) is 17.3. The molecule has 2 aliphatic heterocycles. The molecule has 0 atom stereocenters. The predicted molar refractivity (Wildman–Crippen MR) is 99.0 cm³/mol. The van der Waals surface area contributed by atoms with Crippen LogP contribution in [0, 0.1) is 0 Å². The number of aromatic nitrogens is 1. The molecule has 7 nitrogen and oxygen atoms in total. The number of ether oxygens (including phenoxy) is 2. The van der Waals surface area contributed by atoms with Gasteiger partial charge in [-0.1, -0.05) is 22.9 Å². The molecule has 1 aromatic carbocycles. The van der Waals surface area contributed by atoms with Gasteiger partial charge >= 0.3 is 5.97 Å². The number of rotatable bonds is 3. The normalized spacial score (nSPS) is 16.8. The molecule has 2 aromatic rings. The fourth-order valence-electron chi connectivity index (χ4n) is 2.88. The number of hydrogen-bond acceptors (Lipinski definition) is 8. The average molecular weight is 394 g/mol. The van der Waals surface area contributed by atoms with E-state index in [1.54, 1.807) is 18.2 Å². The second-order valence-corrected chi connectivity index (χ2v) is 7.25. The Morgan fingerprint density at radius 1 is 1.35 bits per heavy atom. The number of nitrogens with one attached hydrogen (secondary N) is 1. The van der Waals surface area contributed by atoms with Gasteiger partial charge < -0.3 is 19.7 Å². The lowest BCUT2D eigenvalue weighted by Gasteiger charge is -2.25. The molecule has 4 rings (SSSR count). The highest BCUT2D eigenvalue weighted by Gasteiger charge is 2.24. The number of benzene rings is 1. The fraction of sp³-hybridized carbons (Fsp3) is 0.353. The largest absolute Gasteiger partial charge is 0.422 e. The molecule has 2 aliphatic rings. The van der Waals surface area contributed by atoms with Crippen molar-refractivity contribution in [2.24, 2.45) is 0 Å². The van der Waals surface area contributed by atoms with E-state index in [0.717, 1.165) is 5.69 Å². The van der Waals surface area contributed by atoms with Crippen LogP contribution in [0.15, 0.2) is 18.2 Å². The number of nitrogens with zero attached hydrogens (tertiary/aromatic N) is 2. The molecule has 0 bridgehead atoms. The molecule has 1 aromatic heterocycles. The van der Waals surface area contributed by atoms with Crippen LogP contribution in [0.1, 0.15) is 26.5 Å². The third kappa shape index (κ3) is 3.40. The average Bonchev–Trinajstić information content (AvgIpc) is 3.05. The smallest absolute Gasteiger partial charge is 0.357 e. The van der Waals surface area contributed by atoms with Crippen molar-refractivity contribution < 1.29 is 19.1 Å². The summed E-state index contributed by atoms with van der Waals surface area (Å²) in [6.45, 7) is 3.27. The summed E-state index contributed by atoms with van der Waals surface area (Å²) in [5.41, 5.74) is 1.29. The second-order valence-electron chi connectivity index (χ2n) is 5.91. The van der Waals surface area contributed by atoms with E-state index in [1.165, 1.54) is 11.3 Å². The molecule has 1 fully saturated rings. The minimum Gasteiger partial charge on any atom is -0.422 e. The number of fused-ring (bicyclic) bond motifs is 1. The molecule has 26 heavy (non-hydrogen) atoms. The van der Waals surface area contributed by atoms with Crippen LogP contribution in [0.5, 0.6) is 5.75 Å². The number of Topliss-reactive ketones (excluding diaryl/α,β-unsaturated/α-hetero) is 1. The Morgan fingerprint density at radius 2 is 2.15 bits per heavy atom. The molecule has 0 radical (unpaired) electrons. The monoisotopic (exact) mass is 393 g/mol. The number of carbonyl (C=O) groups excluding carboxylic acids is 2. The maximum Gasteiger partial charge on any atom is 0.357 e. The number of morpholine rings is 1. The highest BCUT2D eigenvalue weighted by molar-refractivity contribution is 7.18. The molecule has 0 spiro atoms. The Balaban J connectivity index is 1.52. The van der Waals surface area contributed by atoms with Gasteiger partial charge in [0.05, 0.1) is 13.2 Å². The zero-order chi connectivity index (χ0) is 18.1. The van der Waals surface area contributed by atoms with E-state index in [-0.39, 0.29) is 15.8 Å². The fourth-order valence-corrected chi connectivity index (χ4v) is 4.09. The first-order valence-electron chi connectivity index (χ1n) is 8.24. The SMILES string of the molecule is O=C1CCNc2ccc(OC(=O)c3sc(N4CCOCC4)nc3Cl)cc21. The maximum atomic E-state index is 12.5. The van der Waals surface area contributed by atoms with Crippen molar-refractivity contribution in [1.82, 2.24) is 4.98 Å². The van der Waals surface area contributed by atoms with Gasteiger partial charge in [-0.2, -0.15) is 0 Å². The summed E-state index contributed by atoms with van der Waals surface area (Å²) in [6, 6.07) is 4.97. The lowest BCUT2D eigenvalue weighted by atomic mass is 10.0. The van der Waals surface area contributed by atoms with Gasteiger partial charge in [0.1, 0.15) is 5.75 Å². The highest BCUT2D eigenvalue weighted by atomic mass is 35.5. The van der Waals surface area contributed by atoms with E-state index in [9.17, 15) is 9.59 Å². The van der Waals surface area contributed by atoms with Crippen molar-refractivity contribution in [2.45, 2.75) is 6.42 Å².